The number of carbonyl (C=O) groups excluding carboxylic acids is 3. The highest BCUT2D eigenvalue weighted by atomic mass is 16.5. The van der Waals surface area contributed by atoms with Crippen LogP contribution in [0.25, 0.3) is 10.9 Å². The number of methoxy groups -OCH3 is 1. The molecule has 2 aromatic carbocycles. The molecule has 1 aromatic heterocycles. The first kappa shape index (κ1) is 20.8. The molecule has 0 saturated carbocycles. The van der Waals surface area contributed by atoms with Crippen molar-refractivity contribution in [2.75, 3.05) is 12.0 Å². The number of carbonyl (C=O) groups is 3. The number of aromatic nitrogens is 1. The predicted octanol–water partition coefficient (Wildman–Crippen LogP) is 2.67. The van der Waals surface area contributed by atoms with E-state index in [0.29, 0.717) is 16.7 Å². The number of hydrogen-bond acceptors (Lipinski definition) is 6. The minimum Gasteiger partial charge on any atom is -0.497 e. The molecule has 154 valence electrons. The van der Waals surface area contributed by atoms with Gasteiger partial charge in [0.25, 0.3) is 11.5 Å². The Kier molecular flexibility index (Phi) is 5.68. The van der Waals surface area contributed by atoms with Crippen LogP contribution in [0.3, 0.4) is 0 Å². The van der Waals surface area contributed by atoms with Crippen molar-refractivity contribution < 1.29 is 23.9 Å². The van der Waals surface area contributed by atoms with Gasteiger partial charge >= 0.3 is 5.97 Å². The van der Waals surface area contributed by atoms with Gasteiger partial charge < -0.3 is 14.0 Å². The Morgan fingerprint density at radius 2 is 1.67 bits per heavy atom. The van der Waals surface area contributed by atoms with Crippen LogP contribution >= 0.6 is 0 Å². The molecular weight excluding hydrogens is 388 g/mol. The molecule has 0 bridgehead atoms. The number of imide groups is 1. The van der Waals surface area contributed by atoms with Crippen LogP contribution in [-0.4, -0.2) is 29.5 Å². The van der Waals surface area contributed by atoms with E-state index in [4.69, 9.17) is 9.47 Å². The van der Waals surface area contributed by atoms with Gasteiger partial charge in [-0.15, -0.1) is 0 Å². The zero-order valence-electron chi connectivity index (χ0n) is 17.0. The monoisotopic (exact) mass is 408 g/mol. The first-order valence-electron chi connectivity index (χ1n) is 9.05. The molecule has 0 saturated heterocycles. The summed E-state index contributed by atoms with van der Waals surface area (Å²) in [4.78, 5) is 51.5. The van der Waals surface area contributed by atoms with Crippen molar-refractivity contribution in [3.05, 3.63) is 64.4 Å². The molecule has 0 N–H and O–H groups in total. The lowest BCUT2D eigenvalue weighted by molar-refractivity contribution is -0.131. The number of anilines is 1. The van der Waals surface area contributed by atoms with Crippen molar-refractivity contribution in [3.8, 4) is 11.5 Å². The Labute approximate surface area is 172 Å². The third-order valence-electron chi connectivity index (χ3n) is 4.55. The predicted molar refractivity (Wildman–Crippen MR) is 111 cm³/mol. The SMILES string of the molecule is COc1ccc2c(c1)c(OC(C)=O)c(C(=O)N(C(C)=O)c1ccccc1)c(=O)n2C. The first-order valence-corrected chi connectivity index (χ1v) is 9.05. The summed E-state index contributed by atoms with van der Waals surface area (Å²) in [7, 11) is 2.96. The lowest BCUT2D eigenvalue weighted by atomic mass is 10.1. The van der Waals surface area contributed by atoms with Gasteiger partial charge in [-0.3, -0.25) is 19.2 Å². The van der Waals surface area contributed by atoms with E-state index in [0.717, 1.165) is 11.8 Å². The largest absolute Gasteiger partial charge is 0.497 e. The molecule has 1 heterocycles. The van der Waals surface area contributed by atoms with E-state index in [9.17, 15) is 19.2 Å². The molecule has 0 spiro atoms. The van der Waals surface area contributed by atoms with Gasteiger partial charge in [-0.25, -0.2) is 4.90 Å². The number of amides is 2. The Hall–Kier alpha value is -3.94. The van der Waals surface area contributed by atoms with Crippen LogP contribution in [0.4, 0.5) is 5.69 Å². The average Bonchev–Trinajstić information content (AvgIpc) is 2.71. The number of nitrogens with zero attached hydrogens (tertiary/aromatic N) is 2. The maximum atomic E-state index is 13.4. The molecule has 0 aliphatic carbocycles. The second kappa shape index (κ2) is 8.20. The Bertz CT molecular complexity index is 1210. The molecule has 0 atom stereocenters. The molecule has 0 aliphatic heterocycles. The Balaban J connectivity index is 2.37. The van der Waals surface area contributed by atoms with Crippen molar-refractivity contribution >= 4 is 34.4 Å². The molecule has 0 radical (unpaired) electrons. The summed E-state index contributed by atoms with van der Waals surface area (Å²) in [5.41, 5.74) is -0.400. The molecule has 8 heteroatoms. The first-order chi connectivity index (χ1) is 14.3. The fourth-order valence-corrected chi connectivity index (χ4v) is 3.19. The van der Waals surface area contributed by atoms with Gasteiger partial charge in [0.2, 0.25) is 5.91 Å². The molecule has 3 rings (SSSR count). The van der Waals surface area contributed by atoms with E-state index in [-0.39, 0.29) is 11.4 Å². The number of para-hydroxylation sites is 1. The molecule has 3 aromatic rings. The third-order valence-corrected chi connectivity index (χ3v) is 4.55. The molecule has 2 amide bonds. The zero-order chi connectivity index (χ0) is 22.0. The fraction of sp³-hybridized carbons (Fsp3) is 0.182. The molecule has 8 nitrogen and oxygen atoms in total. The summed E-state index contributed by atoms with van der Waals surface area (Å²) in [6, 6.07) is 13.0. The topological polar surface area (TPSA) is 94.9 Å². The van der Waals surface area contributed by atoms with Crippen molar-refractivity contribution in [2.24, 2.45) is 7.05 Å². The van der Waals surface area contributed by atoms with Gasteiger partial charge in [0, 0.05) is 26.3 Å². The summed E-state index contributed by atoms with van der Waals surface area (Å²) >= 11 is 0. The second-order valence-electron chi connectivity index (χ2n) is 6.54. The van der Waals surface area contributed by atoms with Crippen LogP contribution in [0.5, 0.6) is 11.5 Å². The lowest BCUT2D eigenvalue weighted by Crippen LogP contribution is -2.40. The highest BCUT2D eigenvalue weighted by Gasteiger charge is 2.30. The minimum absolute atomic E-state index is 0.216. The van der Waals surface area contributed by atoms with Gasteiger partial charge in [-0.1, -0.05) is 18.2 Å². The molecular formula is C22H20N2O6. The van der Waals surface area contributed by atoms with Crippen molar-refractivity contribution in [2.45, 2.75) is 13.8 Å². The van der Waals surface area contributed by atoms with Crippen LogP contribution in [-0.2, 0) is 16.6 Å². The maximum absolute atomic E-state index is 13.4. The van der Waals surface area contributed by atoms with Gasteiger partial charge in [-0.05, 0) is 30.3 Å². The quantitative estimate of drug-likeness (QED) is 0.616. The summed E-state index contributed by atoms with van der Waals surface area (Å²) in [6.07, 6.45) is 0. The van der Waals surface area contributed by atoms with Crippen molar-refractivity contribution in [3.63, 3.8) is 0 Å². The highest BCUT2D eigenvalue weighted by Crippen LogP contribution is 2.32. The standard InChI is InChI=1S/C22H20N2O6/c1-13(25)24(15-8-6-5-7-9-15)22(28)19-20(30-14(2)26)17-12-16(29-4)10-11-18(17)23(3)21(19)27/h5-12H,1-4H3. The van der Waals surface area contributed by atoms with Crippen LogP contribution in [0.2, 0.25) is 0 Å². The van der Waals surface area contributed by atoms with E-state index in [1.165, 1.54) is 25.6 Å². The van der Waals surface area contributed by atoms with Gasteiger partial charge in [0.05, 0.1) is 18.3 Å². The summed E-state index contributed by atoms with van der Waals surface area (Å²) in [5, 5.41) is 0.326. The number of aryl methyl sites for hydroxylation is 1. The maximum Gasteiger partial charge on any atom is 0.308 e. The zero-order valence-corrected chi connectivity index (χ0v) is 17.0. The van der Waals surface area contributed by atoms with Crippen LogP contribution in [0.15, 0.2) is 53.3 Å². The highest BCUT2D eigenvalue weighted by molar-refractivity contribution is 6.22. The van der Waals surface area contributed by atoms with E-state index < -0.39 is 28.9 Å². The van der Waals surface area contributed by atoms with E-state index >= 15 is 0 Å². The van der Waals surface area contributed by atoms with E-state index in [1.807, 2.05) is 0 Å². The summed E-state index contributed by atoms with van der Waals surface area (Å²) < 4.78 is 11.8. The summed E-state index contributed by atoms with van der Waals surface area (Å²) in [6.45, 7) is 2.38. The average molecular weight is 408 g/mol. The van der Waals surface area contributed by atoms with Crippen molar-refractivity contribution in [1.82, 2.24) is 4.57 Å². The number of benzene rings is 2. The lowest BCUT2D eigenvalue weighted by Gasteiger charge is -2.21. The minimum atomic E-state index is -0.893. The Morgan fingerprint density at radius 3 is 2.23 bits per heavy atom. The molecule has 30 heavy (non-hydrogen) atoms. The number of pyridine rings is 1. The number of ether oxygens (including phenoxy) is 2. The van der Waals surface area contributed by atoms with Gasteiger partial charge in [0.15, 0.2) is 5.75 Å². The Morgan fingerprint density at radius 1 is 1.00 bits per heavy atom. The van der Waals surface area contributed by atoms with Crippen LogP contribution in [0, 0.1) is 0 Å². The third kappa shape index (κ3) is 3.67. The van der Waals surface area contributed by atoms with E-state index in [1.54, 1.807) is 48.5 Å². The number of rotatable bonds is 4. The smallest absolute Gasteiger partial charge is 0.308 e. The number of hydrogen-bond donors (Lipinski definition) is 0. The normalized spacial score (nSPS) is 10.5. The molecule has 0 aliphatic rings. The second-order valence-corrected chi connectivity index (χ2v) is 6.54. The van der Waals surface area contributed by atoms with Gasteiger partial charge in [-0.2, -0.15) is 0 Å². The molecule has 0 fully saturated rings. The summed E-state index contributed by atoms with van der Waals surface area (Å²) in [5.74, 6) is -1.97. The molecule has 0 unspecified atom stereocenters. The van der Waals surface area contributed by atoms with Gasteiger partial charge in [0.1, 0.15) is 11.3 Å². The van der Waals surface area contributed by atoms with Crippen molar-refractivity contribution in [1.29, 1.82) is 0 Å². The fourth-order valence-electron chi connectivity index (χ4n) is 3.19. The van der Waals surface area contributed by atoms with Crippen LogP contribution < -0.4 is 19.9 Å². The number of fused-ring (bicyclic) bond motifs is 1. The van der Waals surface area contributed by atoms with E-state index in [2.05, 4.69) is 0 Å². The number of esters is 1. The van der Waals surface area contributed by atoms with Crippen LogP contribution in [0.1, 0.15) is 24.2 Å².